The number of hydrazone groups is 1. The van der Waals surface area contributed by atoms with Crippen molar-refractivity contribution in [3.63, 3.8) is 0 Å². The Morgan fingerprint density at radius 1 is 1.26 bits per heavy atom. The fourth-order valence-corrected chi connectivity index (χ4v) is 1.92. The molecule has 0 aliphatic rings. The lowest BCUT2D eigenvalue weighted by atomic mass is 10.2. The molecule has 2 amide bonds. The summed E-state index contributed by atoms with van der Waals surface area (Å²) in [6, 6.07) is 12.0. The summed E-state index contributed by atoms with van der Waals surface area (Å²) < 4.78 is 11.1. The minimum absolute atomic E-state index is 0.393. The van der Waals surface area contributed by atoms with E-state index in [9.17, 15) is 4.79 Å². The van der Waals surface area contributed by atoms with E-state index in [4.69, 9.17) is 26.8 Å². The summed E-state index contributed by atoms with van der Waals surface area (Å²) in [7, 11) is 1.55. The first-order chi connectivity index (χ1) is 11.1. The molecule has 0 fully saturated rings. The second kappa shape index (κ2) is 8.05. The number of halogens is 1. The molecule has 0 saturated heterocycles. The number of nitrogens with zero attached hydrogens (tertiary/aromatic N) is 1. The van der Waals surface area contributed by atoms with Crippen LogP contribution in [0.3, 0.4) is 0 Å². The maximum Gasteiger partial charge on any atom is 0.332 e. The van der Waals surface area contributed by atoms with Crippen LogP contribution >= 0.6 is 11.6 Å². The molecular weight excluding hydrogens is 318 g/mol. The first kappa shape index (κ1) is 16.6. The highest BCUT2D eigenvalue weighted by Crippen LogP contribution is 2.28. The van der Waals surface area contributed by atoms with Crippen LogP contribution in [0.2, 0.25) is 5.02 Å². The van der Waals surface area contributed by atoms with Gasteiger partial charge in [-0.3, -0.25) is 0 Å². The molecule has 23 heavy (non-hydrogen) atoms. The van der Waals surface area contributed by atoms with Crippen molar-refractivity contribution < 1.29 is 14.3 Å². The van der Waals surface area contributed by atoms with Crippen molar-refractivity contribution in [2.75, 3.05) is 7.11 Å². The van der Waals surface area contributed by atoms with Gasteiger partial charge in [0, 0.05) is 5.02 Å². The topological polar surface area (TPSA) is 85.9 Å². The Morgan fingerprint density at radius 2 is 2.00 bits per heavy atom. The Kier molecular flexibility index (Phi) is 5.82. The number of carbonyl (C=O) groups excluding carboxylic acids is 1. The van der Waals surface area contributed by atoms with Crippen molar-refractivity contribution in [2.45, 2.75) is 6.61 Å². The minimum atomic E-state index is -0.726. The molecule has 0 saturated carbocycles. The van der Waals surface area contributed by atoms with E-state index in [0.717, 1.165) is 11.1 Å². The average Bonchev–Trinajstić information content (AvgIpc) is 2.54. The van der Waals surface area contributed by atoms with Gasteiger partial charge in [-0.2, -0.15) is 5.10 Å². The number of nitrogens with two attached hydrogens (primary N) is 1. The van der Waals surface area contributed by atoms with Crippen LogP contribution in [0.5, 0.6) is 11.5 Å². The van der Waals surface area contributed by atoms with E-state index in [0.29, 0.717) is 23.1 Å². The molecule has 2 aromatic rings. The molecule has 6 nitrogen and oxygen atoms in total. The van der Waals surface area contributed by atoms with Crippen LogP contribution in [0, 0.1) is 0 Å². The molecule has 2 aromatic carbocycles. The Balaban J connectivity index is 2.05. The summed E-state index contributed by atoms with van der Waals surface area (Å²) in [6.45, 7) is 0.393. The monoisotopic (exact) mass is 333 g/mol. The van der Waals surface area contributed by atoms with Crippen molar-refractivity contribution >= 4 is 23.8 Å². The highest BCUT2D eigenvalue weighted by atomic mass is 35.5. The summed E-state index contributed by atoms with van der Waals surface area (Å²) in [4.78, 5) is 10.6. The number of urea groups is 1. The third kappa shape index (κ3) is 5.19. The van der Waals surface area contributed by atoms with Gasteiger partial charge in [0.25, 0.3) is 0 Å². The fraction of sp³-hybridized carbons (Fsp3) is 0.125. The minimum Gasteiger partial charge on any atom is -0.493 e. The van der Waals surface area contributed by atoms with Crippen LogP contribution < -0.4 is 20.6 Å². The summed E-state index contributed by atoms with van der Waals surface area (Å²) in [5.41, 5.74) is 8.77. The molecule has 120 valence electrons. The highest BCUT2D eigenvalue weighted by Gasteiger charge is 2.06. The Morgan fingerprint density at radius 3 is 2.65 bits per heavy atom. The molecule has 3 N–H and O–H groups in total. The van der Waals surface area contributed by atoms with Gasteiger partial charge in [-0.1, -0.05) is 23.7 Å². The lowest BCUT2D eigenvalue weighted by Crippen LogP contribution is -2.24. The number of rotatable bonds is 6. The van der Waals surface area contributed by atoms with E-state index in [-0.39, 0.29) is 0 Å². The van der Waals surface area contributed by atoms with Crippen LogP contribution in [-0.2, 0) is 6.61 Å². The number of carbonyl (C=O) groups is 1. The number of hydrogen-bond acceptors (Lipinski definition) is 4. The van der Waals surface area contributed by atoms with Crippen LogP contribution in [0.4, 0.5) is 4.79 Å². The smallest absolute Gasteiger partial charge is 0.332 e. The normalized spacial score (nSPS) is 10.5. The molecular formula is C16H16ClN3O3. The van der Waals surface area contributed by atoms with Gasteiger partial charge in [-0.15, -0.1) is 0 Å². The van der Waals surface area contributed by atoms with Gasteiger partial charge >= 0.3 is 6.03 Å². The number of benzene rings is 2. The molecule has 7 heteroatoms. The molecule has 0 aliphatic heterocycles. The second-order valence-corrected chi connectivity index (χ2v) is 5.00. The number of amides is 2. The van der Waals surface area contributed by atoms with E-state index in [2.05, 4.69) is 10.5 Å². The number of hydrogen-bond donors (Lipinski definition) is 2. The molecule has 0 bridgehead atoms. The molecule has 0 radical (unpaired) electrons. The molecule has 0 spiro atoms. The Hall–Kier alpha value is -2.73. The molecule has 2 rings (SSSR count). The number of ether oxygens (including phenoxy) is 2. The zero-order chi connectivity index (χ0) is 16.7. The zero-order valence-corrected chi connectivity index (χ0v) is 13.2. The zero-order valence-electron chi connectivity index (χ0n) is 12.5. The fourth-order valence-electron chi connectivity index (χ4n) is 1.80. The summed E-state index contributed by atoms with van der Waals surface area (Å²) in [6.07, 6.45) is 1.45. The summed E-state index contributed by atoms with van der Waals surface area (Å²) in [5.74, 6) is 1.16. The predicted molar refractivity (Wildman–Crippen MR) is 89.1 cm³/mol. The number of methoxy groups -OCH3 is 1. The lowest BCUT2D eigenvalue weighted by Gasteiger charge is -2.11. The van der Waals surface area contributed by atoms with Gasteiger partial charge in [0.15, 0.2) is 11.5 Å². The van der Waals surface area contributed by atoms with Gasteiger partial charge in [0.05, 0.1) is 13.3 Å². The quantitative estimate of drug-likeness (QED) is 0.629. The SMILES string of the molecule is COc1cc(/C=N/NC(N)=O)ccc1OCc1ccc(Cl)cc1. The number of nitrogens with one attached hydrogen (secondary N) is 1. The third-order valence-corrected chi connectivity index (χ3v) is 3.14. The second-order valence-electron chi connectivity index (χ2n) is 4.56. The van der Waals surface area contributed by atoms with Crippen LogP contribution in [0.1, 0.15) is 11.1 Å². The standard InChI is InChI=1S/C16H16ClN3O3/c1-22-15-8-12(9-19-20-16(18)21)4-7-14(15)23-10-11-2-5-13(17)6-3-11/h2-9H,10H2,1H3,(H3,18,20,21)/b19-9+. The summed E-state index contributed by atoms with van der Waals surface area (Å²) >= 11 is 5.85. The van der Waals surface area contributed by atoms with Gasteiger partial charge in [-0.25, -0.2) is 10.2 Å². The average molecular weight is 334 g/mol. The van der Waals surface area contributed by atoms with Crippen molar-refractivity contribution in [2.24, 2.45) is 10.8 Å². The van der Waals surface area contributed by atoms with Crippen LogP contribution in [-0.4, -0.2) is 19.4 Å². The Labute approximate surface area is 138 Å². The van der Waals surface area contributed by atoms with Crippen molar-refractivity contribution in [1.29, 1.82) is 0 Å². The first-order valence-corrected chi connectivity index (χ1v) is 7.10. The molecule has 0 unspecified atom stereocenters. The van der Waals surface area contributed by atoms with Crippen LogP contribution in [0.15, 0.2) is 47.6 Å². The molecule has 0 atom stereocenters. The lowest BCUT2D eigenvalue weighted by molar-refractivity contribution is 0.249. The molecule has 0 heterocycles. The van der Waals surface area contributed by atoms with Crippen molar-refractivity contribution in [3.8, 4) is 11.5 Å². The van der Waals surface area contributed by atoms with Crippen molar-refractivity contribution in [1.82, 2.24) is 5.43 Å². The largest absolute Gasteiger partial charge is 0.493 e. The number of primary amides is 1. The van der Waals surface area contributed by atoms with E-state index >= 15 is 0 Å². The maximum absolute atomic E-state index is 10.6. The van der Waals surface area contributed by atoms with E-state index < -0.39 is 6.03 Å². The van der Waals surface area contributed by atoms with Crippen molar-refractivity contribution in [3.05, 3.63) is 58.6 Å². The predicted octanol–water partition coefficient (Wildman–Crippen LogP) is 2.93. The van der Waals surface area contributed by atoms with Gasteiger partial charge < -0.3 is 15.2 Å². The first-order valence-electron chi connectivity index (χ1n) is 6.72. The van der Waals surface area contributed by atoms with E-state index in [1.165, 1.54) is 6.21 Å². The summed E-state index contributed by atoms with van der Waals surface area (Å²) in [5, 5.41) is 4.37. The van der Waals surface area contributed by atoms with Gasteiger partial charge in [0.1, 0.15) is 6.61 Å². The van der Waals surface area contributed by atoms with Gasteiger partial charge in [0.2, 0.25) is 0 Å². The van der Waals surface area contributed by atoms with E-state index in [1.807, 2.05) is 24.3 Å². The maximum atomic E-state index is 10.6. The molecule has 0 aromatic heterocycles. The van der Waals surface area contributed by atoms with E-state index in [1.54, 1.807) is 25.3 Å². The Bertz CT molecular complexity index is 702. The third-order valence-electron chi connectivity index (χ3n) is 2.88. The van der Waals surface area contributed by atoms with Gasteiger partial charge in [-0.05, 0) is 41.5 Å². The van der Waals surface area contributed by atoms with Crippen LogP contribution in [0.25, 0.3) is 0 Å². The molecule has 0 aliphatic carbocycles. The highest BCUT2D eigenvalue weighted by molar-refractivity contribution is 6.30.